The number of hydrogen-bond donors (Lipinski definition) is 0. The van der Waals surface area contributed by atoms with Crippen LogP contribution >= 0.6 is 34.8 Å². The Morgan fingerprint density at radius 3 is 2.44 bits per heavy atom. The van der Waals surface area contributed by atoms with E-state index in [1.807, 2.05) is 0 Å². The predicted octanol–water partition coefficient (Wildman–Crippen LogP) is 7.34. The fourth-order valence-corrected chi connectivity index (χ4v) is 4.50. The van der Waals surface area contributed by atoms with Crippen molar-refractivity contribution in [3.63, 3.8) is 0 Å². The third kappa shape index (κ3) is 4.45. The van der Waals surface area contributed by atoms with Crippen molar-refractivity contribution in [2.24, 2.45) is 0 Å². The summed E-state index contributed by atoms with van der Waals surface area (Å²) >= 11 is 18.3. The number of hydrogen-bond acceptors (Lipinski definition) is 5. The molecule has 0 saturated heterocycles. The highest BCUT2D eigenvalue weighted by Gasteiger charge is 2.42. The van der Waals surface area contributed by atoms with Crippen molar-refractivity contribution < 1.29 is 22.5 Å². The summed E-state index contributed by atoms with van der Waals surface area (Å²) in [5, 5.41) is 4.33. The molecular formula is C24H12Cl3F3N4O2. The number of ketones is 1. The van der Waals surface area contributed by atoms with Crippen LogP contribution in [0.5, 0.6) is 0 Å². The van der Waals surface area contributed by atoms with E-state index in [1.165, 1.54) is 42.6 Å². The summed E-state index contributed by atoms with van der Waals surface area (Å²) in [5.41, 5.74) is -1.09. The normalized spacial score (nSPS) is 11.8. The van der Waals surface area contributed by atoms with Crippen LogP contribution < -0.4 is 0 Å². The summed E-state index contributed by atoms with van der Waals surface area (Å²) in [5.74, 6) is -1.77. The van der Waals surface area contributed by atoms with Gasteiger partial charge in [0.25, 0.3) is 11.7 Å². The number of fused-ring (bicyclic) bond motifs is 1. The molecule has 0 aliphatic heterocycles. The van der Waals surface area contributed by atoms with Gasteiger partial charge < -0.3 is 9.09 Å². The van der Waals surface area contributed by atoms with Gasteiger partial charge >= 0.3 is 6.18 Å². The quantitative estimate of drug-likeness (QED) is 0.214. The molecule has 3 heterocycles. The second kappa shape index (κ2) is 9.24. The van der Waals surface area contributed by atoms with Crippen LogP contribution in [-0.2, 0) is 12.7 Å². The van der Waals surface area contributed by atoms with Crippen molar-refractivity contribution in [3.8, 4) is 11.5 Å². The highest BCUT2D eigenvalue weighted by molar-refractivity contribution is 6.35. The monoisotopic (exact) mass is 550 g/mol. The van der Waals surface area contributed by atoms with Gasteiger partial charge in [0.1, 0.15) is 11.4 Å². The standard InChI is InChI=1S/C24H12Cl3F3N4O2/c25-13-6-7-18-15(9-13)19(20(35)23-32-22(33-36-23)17-3-1-2-8-31-17)21(24(28,29)30)34(18)11-12-4-5-14(26)10-16(12)27/h1-10H,11H2. The van der Waals surface area contributed by atoms with Crippen molar-refractivity contribution in [1.29, 1.82) is 0 Å². The highest BCUT2D eigenvalue weighted by atomic mass is 35.5. The van der Waals surface area contributed by atoms with Crippen LogP contribution in [0.1, 0.15) is 27.5 Å². The number of carbonyl (C=O) groups is 1. The number of alkyl halides is 3. The first-order chi connectivity index (χ1) is 17.1. The van der Waals surface area contributed by atoms with E-state index in [0.29, 0.717) is 16.3 Å². The predicted molar refractivity (Wildman–Crippen MR) is 128 cm³/mol. The molecule has 6 nitrogen and oxygen atoms in total. The Morgan fingerprint density at radius 2 is 1.75 bits per heavy atom. The van der Waals surface area contributed by atoms with Crippen molar-refractivity contribution in [1.82, 2.24) is 19.7 Å². The number of rotatable bonds is 5. The van der Waals surface area contributed by atoms with E-state index in [9.17, 15) is 18.0 Å². The van der Waals surface area contributed by atoms with Gasteiger partial charge in [-0.05, 0) is 48.0 Å². The molecule has 182 valence electrons. The lowest BCUT2D eigenvalue weighted by molar-refractivity contribution is -0.143. The maximum absolute atomic E-state index is 14.5. The molecule has 5 aromatic rings. The molecule has 0 aliphatic rings. The van der Waals surface area contributed by atoms with Crippen LogP contribution in [0, 0.1) is 0 Å². The Labute approximate surface area is 216 Å². The van der Waals surface area contributed by atoms with Gasteiger partial charge in [-0.3, -0.25) is 9.78 Å². The van der Waals surface area contributed by atoms with Gasteiger partial charge in [0.15, 0.2) is 0 Å². The lowest BCUT2D eigenvalue weighted by Crippen LogP contribution is -2.19. The Kier molecular flexibility index (Phi) is 6.23. The van der Waals surface area contributed by atoms with Crippen LogP contribution in [-0.4, -0.2) is 25.5 Å². The fraction of sp³-hybridized carbons (Fsp3) is 0.0833. The Hall–Kier alpha value is -3.40. The zero-order chi connectivity index (χ0) is 25.6. The molecule has 5 rings (SSSR count). The smallest absolute Gasteiger partial charge is 0.332 e. The Morgan fingerprint density at radius 1 is 1.00 bits per heavy atom. The molecule has 36 heavy (non-hydrogen) atoms. The number of aromatic nitrogens is 4. The molecule has 0 spiro atoms. The molecule has 3 aromatic heterocycles. The van der Waals surface area contributed by atoms with E-state index in [0.717, 1.165) is 4.57 Å². The third-order valence-electron chi connectivity index (χ3n) is 5.38. The van der Waals surface area contributed by atoms with Gasteiger partial charge in [0.05, 0.1) is 5.56 Å². The number of pyridine rings is 1. The van der Waals surface area contributed by atoms with Gasteiger partial charge in [-0.2, -0.15) is 18.2 Å². The molecule has 12 heteroatoms. The number of carbonyl (C=O) groups excluding carboxylic acids is 1. The van der Waals surface area contributed by atoms with E-state index >= 15 is 0 Å². The first kappa shape index (κ1) is 24.3. The molecule has 0 radical (unpaired) electrons. The number of halogens is 6. The summed E-state index contributed by atoms with van der Waals surface area (Å²) in [4.78, 5) is 21.5. The molecule has 0 bridgehead atoms. The minimum absolute atomic E-state index is 0.0255. The van der Waals surface area contributed by atoms with Crippen molar-refractivity contribution in [3.05, 3.63) is 98.6 Å². The molecule has 0 fully saturated rings. The zero-order valence-corrected chi connectivity index (χ0v) is 20.1. The highest BCUT2D eigenvalue weighted by Crippen LogP contribution is 2.41. The Balaban J connectivity index is 1.71. The summed E-state index contributed by atoms with van der Waals surface area (Å²) in [6, 6.07) is 13.5. The average molecular weight is 552 g/mol. The van der Waals surface area contributed by atoms with Gasteiger partial charge in [-0.15, -0.1) is 0 Å². The largest absolute Gasteiger partial charge is 0.432 e. The average Bonchev–Trinajstić information content (AvgIpc) is 3.44. The lowest BCUT2D eigenvalue weighted by atomic mass is 10.1. The van der Waals surface area contributed by atoms with E-state index in [1.54, 1.807) is 18.2 Å². The van der Waals surface area contributed by atoms with Crippen LogP contribution in [0.25, 0.3) is 22.4 Å². The molecule has 0 unspecified atom stereocenters. The summed E-state index contributed by atoms with van der Waals surface area (Å²) in [7, 11) is 0. The van der Waals surface area contributed by atoms with E-state index in [-0.39, 0.29) is 33.3 Å². The maximum Gasteiger partial charge on any atom is 0.432 e. The van der Waals surface area contributed by atoms with E-state index in [2.05, 4.69) is 15.1 Å². The van der Waals surface area contributed by atoms with E-state index < -0.39 is 29.1 Å². The van der Waals surface area contributed by atoms with Crippen molar-refractivity contribution in [2.45, 2.75) is 12.7 Å². The summed E-state index contributed by atoms with van der Waals surface area (Å²) in [6.07, 6.45) is -3.45. The molecule has 0 N–H and O–H groups in total. The van der Waals surface area contributed by atoms with Gasteiger partial charge in [0, 0.05) is 38.7 Å². The molecule has 2 aromatic carbocycles. The van der Waals surface area contributed by atoms with Crippen molar-refractivity contribution in [2.75, 3.05) is 0 Å². The van der Waals surface area contributed by atoms with E-state index in [4.69, 9.17) is 39.3 Å². The Bertz CT molecular complexity index is 1610. The first-order valence-corrected chi connectivity index (χ1v) is 11.4. The first-order valence-electron chi connectivity index (χ1n) is 10.3. The number of nitrogens with zero attached hydrogens (tertiary/aromatic N) is 4. The minimum Gasteiger partial charge on any atom is -0.332 e. The minimum atomic E-state index is -4.93. The molecule has 0 aliphatic carbocycles. The van der Waals surface area contributed by atoms with Gasteiger partial charge in [0.2, 0.25) is 5.82 Å². The molecule has 0 amide bonds. The topological polar surface area (TPSA) is 73.8 Å². The van der Waals surface area contributed by atoms with Crippen LogP contribution in [0.4, 0.5) is 13.2 Å². The zero-order valence-electron chi connectivity index (χ0n) is 17.9. The maximum atomic E-state index is 14.5. The van der Waals surface area contributed by atoms with Crippen molar-refractivity contribution >= 4 is 51.5 Å². The van der Waals surface area contributed by atoms with Gasteiger partial charge in [-0.1, -0.05) is 52.1 Å². The lowest BCUT2D eigenvalue weighted by Gasteiger charge is -2.15. The molecule has 0 atom stereocenters. The summed E-state index contributed by atoms with van der Waals surface area (Å²) in [6.45, 7) is -0.292. The number of benzene rings is 2. The molecule has 0 saturated carbocycles. The SMILES string of the molecule is O=C(c1nc(-c2ccccn2)no1)c1c(C(F)(F)F)n(Cc2ccc(Cl)cc2Cl)c2ccc(Cl)cc12. The molecular weight excluding hydrogens is 540 g/mol. The van der Waals surface area contributed by atoms with Gasteiger partial charge in [-0.25, -0.2) is 0 Å². The third-order valence-corrected chi connectivity index (χ3v) is 6.20. The fourth-order valence-electron chi connectivity index (χ4n) is 3.86. The van der Waals surface area contributed by atoms with Crippen LogP contribution in [0.15, 0.2) is 65.3 Å². The summed E-state index contributed by atoms with van der Waals surface area (Å²) < 4.78 is 49.6. The second-order valence-corrected chi connectivity index (χ2v) is 8.95. The van der Waals surface area contributed by atoms with Crippen LogP contribution in [0.2, 0.25) is 15.1 Å². The van der Waals surface area contributed by atoms with Crippen LogP contribution in [0.3, 0.4) is 0 Å². The second-order valence-electron chi connectivity index (χ2n) is 7.67.